The summed E-state index contributed by atoms with van der Waals surface area (Å²) in [6.07, 6.45) is 0. The van der Waals surface area contributed by atoms with Crippen LogP contribution in [-0.4, -0.2) is 25.5 Å². The summed E-state index contributed by atoms with van der Waals surface area (Å²) < 4.78 is 57.5. The van der Waals surface area contributed by atoms with Crippen molar-refractivity contribution in [2.24, 2.45) is 0 Å². The Morgan fingerprint density at radius 1 is 1.18 bits per heavy atom. The highest BCUT2D eigenvalue weighted by Crippen LogP contribution is 2.24. The minimum atomic E-state index is -5.44. The van der Waals surface area contributed by atoms with E-state index < -0.39 is 26.9 Å². The van der Waals surface area contributed by atoms with E-state index in [1.165, 1.54) is 12.1 Å². The molecule has 3 nitrogen and oxygen atoms in total. The number of rotatable bonds is 3. The molecule has 0 saturated heterocycles. The molecule has 0 bridgehead atoms. The number of hydrogen-bond acceptors (Lipinski definition) is 3. The van der Waals surface area contributed by atoms with Crippen molar-refractivity contribution in [1.29, 1.82) is 0 Å². The highest BCUT2D eigenvalue weighted by atomic mass is 35.5. The van der Waals surface area contributed by atoms with Crippen LogP contribution >= 0.6 is 11.6 Å². The molecule has 17 heavy (non-hydrogen) atoms. The Balaban J connectivity index is 2.91. The van der Waals surface area contributed by atoms with Gasteiger partial charge in [-0.3, -0.25) is 4.79 Å². The summed E-state index contributed by atoms with van der Waals surface area (Å²) in [6, 6.07) is 4.90. The number of carbonyl (C=O) groups is 1. The molecule has 94 valence electrons. The second-order valence-corrected chi connectivity index (χ2v) is 5.55. The number of carbonyl (C=O) groups excluding carboxylic acids is 1. The lowest BCUT2D eigenvalue weighted by molar-refractivity contribution is -0.0434. The molecule has 1 aromatic carbocycles. The van der Waals surface area contributed by atoms with Crippen molar-refractivity contribution in [3.8, 4) is 0 Å². The Labute approximate surface area is 100 Å². The van der Waals surface area contributed by atoms with Crippen LogP contribution in [0.5, 0.6) is 0 Å². The number of benzene rings is 1. The van der Waals surface area contributed by atoms with E-state index in [0.29, 0.717) is 5.02 Å². The quantitative estimate of drug-likeness (QED) is 0.802. The zero-order valence-electron chi connectivity index (χ0n) is 8.16. The molecule has 1 aromatic rings. The van der Waals surface area contributed by atoms with Gasteiger partial charge in [0.05, 0.1) is 0 Å². The molecule has 1 rings (SSSR count). The predicted molar refractivity (Wildman–Crippen MR) is 55.6 cm³/mol. The van der Waals surface area contributed by atoms with Crippen LogP contribution in [0.1, 0.15) is 10.4 Å². The highest BCUT2D eigenvalue weighted by Gasteiger charge is 2.46. The Morgan fingerprint density at radius 3 is 2.06 bits per heavy atom. The van der Waals surface area contributed by atoms with E-state index in [2.05, 4.69) is 0 Å². The van der Waals surface area contributed by atoms with Gasteiger partial charge in [0.15, 0.2) is 5.78 Å². The largest absolute Gasteiger partial charge is 0.497 e. The monoisotopic (exact) mass is 286 g/mol. The third-order valence-corrected chi connectivity index (χ3v) is 3.44. The van der Waals surface area contributed by atoms with E-state index in [1.54, 1.807) is 0 Å². The minimum absolute atomic E-state index is 0.137. The van der Waals surface area contributed by atoms with Crippen molar-refractivity contribution in [3.05, 3.63) is 34.9 Å². The lowest BCUT2D eigenvalue weighted by Crippen LogP contribution is -2.30. The maximum Gasteiger partial charge on any atom is 0.497 e. The molecule has 0 N–H and O–H groups in total. The van der Waals surface area contributed by atoms with Crippen molar-refractivity contribution < 1.29 is 26.4 Å². The first kappa shape index (κ1) is 14.0. The van der Waals surface area contributed by atoms with Crippen LogP contribution in [0, 0.1) is 0 Å². The molecule has 0 amide bonds. The van der Waals surface area contributed by atoms with Gasteiger partial charge in [0, 0.05) is 10.6 Å². The van der Waals surface area contributed by atoms with E-state index in [0.717, 1.165) is 12.1 Å². The summed E-state index contributed by atoms with van der Waals surface area (Å²) in [4.78, 5) is 11.3. The summed E-state index contributed by atoms with van der Waals surface area (Å²) in [6.45, 7) is 0. The summed E-state index contributed by atoms with van der Waals surface area (Å²) in [5.74, 6) is -2.73. The molecular formula is C9H6ClF3O3S. The van der Waals surface area contributed by atoms with E-state index in [1.807, 2.05) is 0 Å². The van der Waals surface area contributed by atoms with Gasteiger partial charge in [0.25, 0.3) is 9.84 Å². The number of halogens is 4. The molecule has 0 radical (unpaired) electrons. The van der Waals surface area contributed by atoms with Crippen molar-refractivity contribution in [2.75, 3.05) is 5.75 Å². The van der Waals surface area contributed by atoms with Crippen LogP contribution in [0.4, 0.5) is 13.2 Å². The summed E-state index contributed by atoms with van der Waals surface area (Å²) in [5, 5.41) is 0.292. The fourth-order valence-corrected chi connectivity index (χ4v) is 1.78. The van der Waals surface area contributed by atoms with E-state index >= 15 is 0 Å². The maximum atomic E-state index is 12.0. The molecule has 0 atom stereocenters. The first-order chi connectivity index (χ1) is 7.63. The third-order valence-electron chi connectivity index (χ3n) is 1.84. The average Bonchev–Trinajstić information content (AvgIpc) is 2.16. The van der Waals surface area contributed by atoms with Crippen LogP contribution in [0.15, 0.2) is 24.3 Å². The molecule has 8 heteroatoms. The third kappa shape index (κ3) is 3.44. The van der Waals surface area contributed by atoms with Gasteiger partial charge in [-0.2, -0.15) is 13.2 Å². The Kier molecular flexibility index (Phi) is 3.83. The van der Waals surface area contributed by atoms with Crippen LogP contribution in [0.25, 0.3) is 0 Å². The summed E-state index contributed by atoms with van der Waals surface area (Å²) in [7, 11) is -5.44. The van der Waals surface area contributed by atoms with E-state index in [4.69, 9.17) is 11.6 Å². The van der Waals surface area contributed by atoms with Crippen molar-refractivity contribution in [3.63, 3.8) is 0 Å². The highest BCUT2D eigenvalue weighted by molar-refractivity contribution is 7.92. The second-order valence-electron chi connectivity index (χ2n) is 3.13. The standard InChI is InChI=1S/C9H6ClF3O3S/c10-7-3-1-6(2-4-7)8(14)5-17(15,16)9(11,12)13/h1-4H,5H2. The topological polar surface area (TPSA) is 51.2 Å². The molecule has 0 aliphatic rings. The molecule has 0 aliphatic heterocycles. The number of sulfone groups is 1. The van der Waals surface area contributed by atoms with Gasteiger partial charge >= 0.3 is 5.51 Å². The predicted octanol–water partition coefficient (Wildman–Crippen LogP) is 2.46. The van der Waals surface area contributed by atoms with Gasteiger partial charge in [-0.25, -0.2) is 8.42 Å². The van der Waals surface area contributed by atoms with Gasteiger partial charge in [-0.05, 0) is 24.3 Å². The summed E-state index contributed by atoms with van der Waals surface area (Å²) >= 11 is 5.51. The molecule has 0 saturated carbocycles. The number of ketones is 1. The van der Waals surface area contributed by atoms with Gasteiger partial charge in [0.1, 0.15) is 5.75 Å². The molecule has 0 heterocycles. The van der Waals surface area contributed by atoms with Crippen molar-refractivity contribution in [1.82, 2.24) is 0 Å². The van der Waals surface area contributed by atoms with E-state index in [9.17, 15) is 26.4 Å². The smallest absolute Gasteiger partial charge is 0.293 e. The van der Waals surface area contributed by atoms with Crippen molar-refractivity contribution in [2.45, 2.75) is 5.51 Å². The molecule has 0 fully saturated rings. The van der Waals surface area contributed by atoms with Gasteiger partial charge in [-0.1, -0.05) is 11.6 Å². The first-order valence-electron chi connectivity index (χ1n) is 4.21. The molecule has 0 aliphatic carbocycles. The first-order valence-corrected chi connectivity index (χ1v) is 6.24. The molecule has 0 spiro atoms. The molecular weight excluding hydrogens is 281 g/mol. The fourth-order valence-electron chi connectivity index (χ4n) is 0.974. The van der Waals surface area contributed by atoms with Crippen molar-refractivity contribution >= 4 is 27.2 Å². The van der Waals surface area contributed by atoms with Crippen LogP contribution in [0.3, 0.4) is 0 Å². The van der Waals surface area contributed by atoms with Crippen LogP contribution < -0.4 is 0 Å². The number of hydrogen-bond donors (Lipinski definition) is 0. The van der Waals surface area contributed by atoms with E-state index in [-0.39, 0.29) is 5.56 Å². The molecule has 0 unspecified atom stereocenters. The zero-order chi connectivity index (χ0) is 13.3. The lowest BCUT2D eigenvalue weighted by Gasteiger charge is -2.07. The van der Waals surface area contributed by atoms with Gasteiger partial charge in [-0.15, -0.1) is 0 Å². The van der Waals surface area contributed by atoms with Crippen LogP contribution in [-0.2, 0) is 9.84 Å². The van der Waals surface area contributed by atoms with Crippen LogP contribution in [0.2, 0.25) is 5.02 Å². The summed E-state index contributed by atoms with van der Waals surface area (Å²) in [5.41, 5.74) is -5.56. The molecule has 0 aromatic heterocycles. The lowest BCUT2D eigenvalue weighted by atomic mass is 10.1. The van der Waals surface area contributed by atoms with Gasteiger partial charge < -0.3 is 0 Å². The Hall–Kier alpha value is -1.08. The Bertz CT molecular complexity index is 519. The number of Topliss-reactive ketones (excluding diaryl/α,β-unsaturated/α-hetero) is 1. The maximum absolute atomic E-state index is 12.0. The van der Waals surface area contributed by atoms with Gasteiger partial charge in [0.2, 0.25) is 0 Å². The number of alkyl halides is 3. The zero-order valence-corrected chi connectivity index (χ0v) is 9.73. The average molecular weight is 287 g/mol. The fraction of sp³-hybridized carbons (Fsp3) is 0.222. The normalized spacial score (nSPS) is 12.5. The second kappa shape index (κ2) is 4.66. The SMILES string of the molecule is O=C(CS(=O)(=O)C(F)(F)F)c1ccc(Cl)cc1. The minimum Gasteiger partial charge on any atom is -0.293 e. The Morgan fingerprint density at radius 2 is 1.65 bits per heavy atom.